The van der Waals surface area contributed by atoms with E-state index in [9.17, 15) is 0 Å². The van der Waals surface area contributed by atoms with Crippen LogP contribution < -0.4 is 11.1 Å². The molecule has 2 nitrogen and oxygen atoms in total. The minimum Gasteiger partial charge on any atom is -0.323 e. The van der Waals surface area contributed by atoms with E-state index in [4.69, 9.17) is 5.73 Å². The lowest BCUT2D eigenvalue weighted by Crippen LogP contribution is -2.37. The highest BCUT2D eigenvalue weighted by Gasteiger charge is 2.21. The van der Waals surface area contributed by atoms with Crippen LogP contribution in [0.5, 0.6) is 0 Å². The molecule has 0 aliphatic heterocycles. The molecular weight excluding hydrogens is 208 g/mol. The van der Waals surface area contributed by atoms with Crippen LogP contribution in [0.25, 0.3) is 0 Å². The van der Waals surface area contributed by atoms with E-state index < -0.39 is 0 Å². The summed E-state index contributed by atoms with van der Waals surface area (Å²) in [5, 5.41) is 3.48. The zero-order chi connectivity index (χ0) is 12.9. The maximum absolute atomic E-state index is 6.14. The topological polar surface area (TPSA) is 38.0 Å². The molecule has 0 aromatic heterocycles. The van der Waals surface area contributed by atoms with Gasteiger partial charge in [0.25, 0.3) is 0 Å². The van der Waals surface area contributed by atoms with Crippen LogP contribution in [0.4, 0.5) is 0 Å². The van der Waals surface area contributed by atoms with Gasteiger partial charge in [0.2, 0.25) is 0 Å². The largest absolute Gasteiger partial charge is 0.323 e. The summed E-state index contributed by atoms with van der Waals surface area (Å²) < 4.78 is 0. The number of hydrogen-bond donors (Lipinski definition) is 2. The highest BCUT2D eigenvalue weighted by Crippen LogP contribution is 2.24. The maximum atomic E-state index is 6.14. The second-order valence-electron chi connectivity index (χ2n) is 5.79. The van der Waals surface area contributed by atoms with Crippen molar-refractivity contribution in [2.24, 2.45) is 17.1 Å². The standard InChI is InChI=1S/C15H26N2/c1-12(2)15(3,4)11-17-10-14(16)13-8-6-5-7-9-13/h5-9,12,14,17H,10-11,16H2,1-4H3/t14-/m1/s1. The van der Waals surface area contributed by atoms with Crippen molar-refractivity contribution in [2.75, 3.05) is 13.1 Å². The summed E-state index contributed by atoms with van der Waals surface area (Å²) in [6, 6.07) is 10.3. The average Bonchev–Trinajstić information content (AvgIpc) is 2.29. The van der Waals surface area contributed by atoms with Crippen molar-refractivity contribution in [3.8, 4) is 0 Å². The minimum absolute atomic E-state index is 0.0826. The number of hydrogen-bond acceptors (Lipinski definition) is 2. The fourth-order valence-corrected chi connectivity index (χ4v) is 1.57. The van der Waals surface area contributed by atoms with Crippen LogP contribution in [-0.4, -0.2) is 13.1 Å². The van der Waals surface area contributed by atoms with Crippen molar-refractivity contribution >= 4 is 0 Å². The van der Waals surface area contributed by atoms with Gasteiger partial charge in [0.05, 0.1) is 0 Å². The molecule has 1 rings (SSSR count). The Labute approximate surface area is 106 Å². The van der Waals surface area contributed by atoms with E-state index in [1.165, 1.54) is 5.56 Å². The second-order valence-corrected chi connectivity index (χ2v) is 5.79. The summed E-state index contributed by atoms with van der Waals surface area (Å²) in [5.41, 5.74) is 7.65. The van der Waals surface area contributed by atoms with Crippen molar-refractivity contribution in [2.45, 2.75) is 33.7 Å². The first kappa shape index (κ1) is 14.2. The average molecular weight is 234 g/mol. The monoisotopic (exact) mass is 234 g/mol. The van der Waals surface area contributed by atoms with Crippen LogP contribution in [0, 0.1) is 11.3 Å². The highest BCUT2D eigenvalue weighted by atomic mass is 14.9. The molecule has 0 aliphatic rings. The molecule has 0 spiro atoms. The van der Waals surface area contributed by atoms with E-state index in [0.29, 0.717) is 11.3 Å². The van der Waals surface area contributed by atoms with Crippen LogP contribution >= 0.6 is 0 Å². The SMILES string of the molecule is CC(C)C(C)(C)CNC[C@@H](N)c1ccccc1. The molecule has 0 heterocycles. The molecule has 0 aliphatic carbocycles. The van der Waals surface area contributed by atoms with Gasteiger partial charge in [0.1, 0.15) is 0 Å². The Balaban J connectivity index is 2.37. The first-order valence-electron chi connectivity index (χ1n) is 6.44. The first-order chi connectivity index (χ1) is 7.93. The van der Waals surface area contributed by atoms with Gasteiger partial charge in [0, 0.05) is 19.1 Å². The Morgan fingerprint density at radius 1 is 1.18 bits per heavy atom. The molecular formula is C15H26N2. The number of benzene rings is 1. The van der Waals surface area contributed by atoms with Gasteiger partial charge in [-0.3, -0.25) is 0 Å². The van der Waals surface area contributed by atoms with E-state index in [2.05, 4.69) is 45.1 Å². The zero-order valence-corrected chi connectivity index (χ0v) is 11.5. The van der Waals surface area contributed by atoms with Gasteiger partial charge in [-0.25, -0.2) is 0 Å². The third-order valence-corrected chi connectivity index (χ3v) is 3.74. The molecule has 0 bridgehead atoms. The van der Waals surface area contributed by atoms with E-state index in [-0.39, 0.29) is 6.04 Å². The molecule has 1 aromatic carbocycles. The van der Waals surface area contributed by atoms with Crippen LogP contribution in [0.2, 0.25) is 0 Å². The lowest BCUT2D eigenvalue weighted by atomic mass is 9.81. The van der Waals surface area contributed by atoms with E-state index in [1.807, 2.05) is 18.2 Å². The molecule has 0 radical (unpaired) electrons. The molecule has 17 heavy (non-hydrogen) atoms. The molecule has 0 unspecified atom stereocenters. The second kappa shape index (κ2) is 6.18. The van der Waals surface area contributed by atoms with Gasteiger partial charge in [-0.1, -0.05) is 58.0 Å². The lowest BCUT2D eigenvalue weighted by molar-refractivity contribution is 0.237. The minimum atomic E-state index is 0.0826. The van der Waals surface area contributed by atoms with Crippen molar-refractivity contribution in [1.82, 2.24) is 5.32 Å². The van der Waals surface area contributed by atoms with Gasteiger partial charge >= 0.3 is 0 Å². The van der Waals surface area contributed by atoms with E-state index >= 15 is 0 Å². The van der Waals surface area contributed by atoms with Gasteiger partial charge in [-0.2, -0.15) is 0 Å². The van der Waals surface area contributed by atoms with Crippen molar-refractivity contribution in [1.29, 1.82) is 0 Å². The molecule has 1 atom stereocenters. The van der Waals surface area contributed by atoms with Crippen molar-refractivity contribution < 1.29 is 0 Å². The van der Waals surface area contributed by atoms with E-state index in [0.717, 1.165) is 13.1 Å². The van der Waals surface area contributed by atoms with Gasteiger partial charge in [-0.05, 0) is 16.9 Å². The van der Waals surface area contributed by atoms with Crippen LogP contribution in [0.15, 0.2) is 30.3 Å². The molecule has 3 N–H and O–H groups in total. The Morgan fingerprint density at radius 2 is 1.76 bits per heavy atom. The smallest absolute Gasteiger partial charge is 0.0421 e. The van der Waals surface area contributed by atoms with Crippen LogP contribution in [0.1, 0.15) is 39.3 Å². The summed E-state index contributed by atoms with van der Waals surface area (Å²) in [6.45, 7) is 10.9. The fourth-order valence-electron chi connectivity index (χ4n) is 1.57. The summed E-state index contributed by atoms with van der Waals surface area (Å²) in [5.74, 6) is 0.669. The number of rotatable bonds is 6. The number of nitrogens with one attached hydrogen (secondary N) is 1. The Kier molecular flexibility index (Phi) is 5.16. The molecule has 0 amide bonds. The summed E-state index contributed by atoms with van der Waals surface area (Å²) in [4.78, 5) is 0. The molecule has 1 aromatic rings. The molecule has 2 heteroatoms. The predicted octanol–water partition coefficient (Wildman–Crippen LogP) is 2.96. The highest BCUT2D eigenvalue weighted by molar-refractivity contribution is 5.18. The fraction of sp³-hybridized carbons (Fsp3) is 0.600. The summed E-state index contributed by atoms with van der Waals surface area (Å²) in [6.07, 6.45) is 0. The van der Waals surface area contributed by atoms with Gasteiger partial charge in [-0.15, -0.1) is 0 Å². The van der Waals surface area contributed by atoms with Crippen LogP contribution in [-0.2, 0) is 0 Å². The quantitative estimate of drug-likeness (QED) is 0.794. The molecule has 0 saturated heterocycles. The van der Waals surface area contributed by atoms with Crippen molar-refractivity contribution in [3.63, 3.8) is 0 Å². The normalized spacial score (nSPS) is 14.0. The number of nitrogens with two attached hydrogens (primary N) is 1. The summed E-state index contributed by atoms with van der Waals surface area (Å²) in [7, 11) is 0. The van der Waals surface area contributed by atoms with E-state index in [1.54, 1.807) is 0 Å². The first-order valence-corrected chi connectivity index (χ1v) is 6.44. The lowest BCUT2D eigenvalue weighted by Gasteiger charge is -2.30. The molecule has 0 fully saturated rings. The molecule has 96 valence electrons. The third kappa shape index (κ3) is 4.49. The van der Waals surface area contributed by atoms with Crippen LogP contribution in [0.3, 0.4) is 0 Å². The summed E-state index contributed by atoms with van der Waals surface area (Å²) >= 11 is 0. The third-order valence-electron chi connectivity index (χ3n) is 3.74. The Hall–Kier alpha value is -0.860. The van der Waals surface area contributed by atoms with Gasteiger partial charge in [0.15, 0.2) is 0 Å². The van der Waals surface area contributed by atoms with Gasteiger partial charge < -0.3 is 11.1 Å². The predicted molar refractivity (Wildman–Crippen MR) is 74.9 cm³/mol. The van der Waals surface area contributed by atoms with Crippen molar-refractivity contribution in [3.05, 3.63) is 35.9 Å². The molecule has 0 saturated carbocycles. The Morgan fingerprint density at radius 3 is 2.29 bits per heavy atom. The maximum Gasteiger partial charge on any atom is 0.0421 e. The Bertz CT molecular complexity index is 317. The zero-order valence-electron chi connectivity index (χ0n) is 11.5.